The molecule has 1 fully saturated rings. The summed E-state index contributed by atoms with van der Waals surface area (Å²) in [6.07, 6.45) is 5.06. The summed E-state index contributed by atoms with van der Waals surface area (Å²) in [7, 11) is 0. The van der Waals surface area contributed by atoms with E-state index in [1.165, 1.54) is 37.9 Å². The highest BCUT2D eigenvalue weighted by molar-refractivity contribution is 5.46. The van der Waals surface area contributed by atoms with Gasteiger partial charge in [0.1, 0.15) is 0 Å². The van der Waals surface area contributed by atoms with Crippen molar-refractivity contribution >= 4 is 5.69 Å². The van der Waals surface area contributed by atoms with Gasteiger partial charge in [-0.1, -0.05) is 25.1 Å². The van der Waals surface area contributed by atoms with E-state index in [1.807, 2.05) is 12.1 Å². The molecule has 1 aromatic carbocycles. The number of hydrogen-bond acceptors (Lipinski definition) is 2. The number of nitrogens with zero attached hydrogens (tertiary/aromatic N) is 1. The predicted molar refractivity (Wildman–Crippen MR) is 78.6 cm³/mol. The van der Waals surface area contributed by atoms with E-state index in [9.17, 15) is 0 Å². The third-order valence-electron chi connectivity index (χ3n) is 4.19. The molecule has 2 atom stereocenters. The molecule has 2 nitrogen and oxygen atoms in total. The third-order valence-corrected chi connectivity index (χ3v) is 4.19. The van der Waals surface area contributed by atoms with Crippen LogP contribution < -0.4 is 5.73 Å². The average Bonchev–Trinajstić information content (AvgIpc) is 2.36. The summed E-state index contributed by atoms with van der Waals surface area (Å²) < 4.78 is 0. The zero-order chi connectivity index (χ0) is 13.0. The number of piperidine rings is 1. The van der Waals surface area contributed by atoms with Gasteiger partial charge < -0.3 is 10.6 Å². The zero-order valence-electron chi connectivity index (χ0n) is 11.7. The van der Waals surface area contributed by atoms with E-state index in [1.54, 1.807) is 0 Å². The van der Waals surface area contributed by atoms with Crippen molar-refractivity contribution < 1.29 is 0 Å². The summed E-state index contributed by atoms with van der Waals surface area (Å²) in [5, 5.41) is 0. The van der Waals surface area contributed by atoms with Gasteiger partial charge in [-0.2, -0.15) is 0 Å². The lowest BCUT2D eigenvalue weighted by Crippen LogP contribution is -2.41. The van der Waals surface area contributed by atoms with Crippen LogP contribution in [0.4, 0.5) is 5.69 Å². The number of nitrogen functional groups attached to an aromatic ring is 1. The molecule has 0 spiro atoms. The highest BCUT2D eigenvalue weighted by Crippen LogP contribution is 2.22. The Morgan fingerprint density at radius 2 is 2.00 bits per heavy atom. The first-order valence-electron chi connectivity index (χ1n) is 7.24. The molecule has 100 valence electrons. The summed E-state index contributed by atoms with van der Waals surface area (Å²) in [6, 6.07) is 9.00. The summed E-state index contributed by atoms with van der Waals surface area (Å²) in [6.45, 7) is 7.21. The number of likely N-dealkylation sites (tertiary alicyclic amines) is 1. The molecule has 1 aliphatic heterocycles. The molecule has 0 bridgehead atoms. The van der Waals surface area contributed by atoms with Crippen LogP contribution in [-0.2, 0) is 6.42 Å². The summed E-state index contributed by atoms with van der Waals surface area (Å²) in [4.78, 5) is 2.65. The van der Waals surface area contributed by atoms with Gasteiger partial charge in [0.15, 0.2) is 0 Å². The Hall–Kier alpha value is -1.02. The summed E-state index contributed by atoms with van der Waals surface area (Å²) in [5.74, 6) is 0.864. The molecule has 2 unspecified atom stereocenters. The van der Waals surface area contributed by atoms with E-state index in [0.29, 0.717) is 0 Å². The van der Waals surface area contributed by atoms with Crippen LogP contribution in [0.25, 0.3) is 0 Å². The minimum atomic E-state index is 0.759. The van der Waals surface area contributed by atoms with Crippen LogP contribution in [0.3, 0.4) is 0 Å². The Bertz CT molecular complexity index is 375. The predicted octanol–water partition coefficient (Wildman–Crippen LogP) is 3.32. The van der Waals surface area contributed by atoms with Gasteiger partial charge in [0.25, 0.3) is 0 Å². The quantitative estimate of drug-likeness (QED) is 0.826. The molecular formula is C16H26N2. The second kappa shape index (κ2) is 6.24. The number of nitrogens with two attached hydrogens (primary N) is 1. The van der Waals surface area contributed by atoms with Crippen molar-refractivity contribution in [2.45, 2.75) is 45.6 Å². The van der Waals surface area contributed by atoms with Gasteiger partial charge in [0.2, 0.25) is 0 Å². The van der Waals surface area contributed by atoms with Crippen LogP contribution >= 0.6 is 0 Å². The molecule has 2 heteroatoms. The highest BCUT2D eigenvalue weighted by Gasteiger charge is 2.21. The third kappa shape index (κ3) is 3.49. The van der Waals surface area contributed by atoms with Crippen LogP contribution in [0, 0.1) is 5.92 Å². The van der Waals surface area contributed by atoms with Crippen molar-refractivity contribution in [1.29, 1.82) is 0 Å². The van der Waals surface area contributed by atoms with Crippen LogP contribution in [0.5, 0.6) is 0 Å². The van der Waals surface area contributed by atoms with Crippen LogP contribution in [0.15, 0.2) is 24.3 Å². The maximum Gasteiger partial charge on any atom is 0.0346 e. The molecule has 1 aromatic rings. The second-order valence-electron chi connectivity index (χ2n) is 5.83. The smallest absolute Gasteiger partial charge is 0.0346 e. The first-order valence-corrected chi connectivity index (χ1v) is 7.24. The van der Waals surface area contributed by atoms with Crippen molar-refractivity contribution in [2.75, 3.05) is 18.8 Å². The number of benzene rings is 1. The van der Waals surface area contributed by atoms with Crippen molar-refractivity contribution in [3.63, 3.8) is 0 Å². The number of para-hydroxylation sites is 1. The largest absolute Gasteiger partial charge is 0.399 e. The Balaban J connectivity index is 1.79. The lowest BCUT2D eigenvalue weighted by molar-refractivity contribution is 0.124. The molecule has 0 amide bonds. The standard InChI is InChI=1S/C16H26N2/c1-13-9-10-14(2)18(12-13)11-5-7-15-6-3-4-8-16(15)17/h3-4,6,8,13-14H,5,7,9-12,17H2,1-2H3. The number of hydrogen-bond donors (Lipinski definition) is 1. The molecule has 1 saturated heterocycles. The molecule has 0 saturated carbocycles. The van der Waals surface area contributed by atoms with E-state index in [-0.39, 0.29) is 0 Å². The monoisotopic (exact) mass is 246 g/mol. The Labute approximate surface area is 111 Å². The van der Waals surface area contributed by atoms with Crippen molar-refractivity contribution in [3.05, 3.63) is 29.8 Å². The lowest BCUT2D eigenvalue weighted by atomic mass is 9.94. The Morgan fingerprint density at radius 1 is 1.22 bits per heavy atom. The minimum Gasteiger partial charge on any atom is -0.399 e. The maximum absolute atomic E-state index is 5.98. The normalized spacial score (nSPS) is 25.2. The molecule has 1 aliphatic rings. The van der Waals surface area contributed by atoms with Crippen LogP contribution in [0.1, 0.15) is 38.7 Å². The summed E-state index contributed by atoms with van der Waals surface area (Å²) >= 11 is 0. The topological polar surface area (TPSA) is 29.3 Å². The van der Waals surface area contributed by atoms with E-state index >= 15 is 0 Å². The van der Waals surface area contributed by atoms with E-state index in [0.717, 1.165) is 24.1 Å². The second-order valence-corrected chi connectivity index (χ2v) is 5.83. The van der Waals surface area contributed by atoms with E-state index in [2.05, 4.69) is 30.9 Å². The van der Waals surface area contributed by atoms with Crippen molar-refractivity contribution in [3.8, 4) is 0 Å². The van der Waals surface area contributed by atoms with Gasteiger partial charge in [-0.05, 0) is 56.7 Å². The van der Waals surface area contributed by atoms with Crippen LogP contribution in [0.2, 0.25) is 0 Å². The Kier molecular flexibility index (Phi) is 4.65. The van der Waals surface area contributed by atoms with Gasteiger partial charge in [-0.3, -0.25) is 0 Å². The molecule has 1 heterocycles. The first kappa shape index (κ1) is 13.4. The fourth-order valence-corrected chi connectivity index (χ4v) is 2.93. The fourth-order valence-electron chi connectivity index (χ4n) is 2.93. The number of aryl methyl sites for hydroxylation is 1. The van der Waals surface area contributed by atoms with Gasteiger partial charge in [-0.15, -0.1) is 0 Å². The van der Waals surface area contributed by atoms with E-state index in [4.69, 9.17) is 5.73 Å². The van der Waals surface area contributed by atoms with Crippen LogP contribution in [-0.4, -0.2) is 24.0 Å². The van der Waals surface area contributed by atoms with E-state index < -0.39 is 0 Å². The van der Waals surface area contributed by atoms with Gasteiger partial charge in [-0.25, -0.2) is 0 Å². The maximum atomic E-state index is 5.98. The number of rotatable bonds is 4. The minimum absolute atomic E-state index is 0.759. The fraction of sp³-hybridized carbons (Fsp3) is 0.625. The van der Waals surface area contributed by atoms with Gasteiger partial charge in [0, 0.05) is 18.3 Å². The molecular weight excluding hydrogens is 220 g/mol. The Morgan fingerprint density at radius 3 is 2.78 bits per heavy atom. The van der Waals surface area contributed by atoms with Crippen molar-refractivity contribution in [2.24, 2.45) is 5.92 Å². The highest BCUT2D eigenvalue weighted by atomic mass is 15.2. The number of anilines is 1. The average molecular weight is 246 g/mol. The zero-order valence-corrected chi connectivity index (χ0v) is 11.7. The lowest BCUT2D eigenvalue weighted by Gasteiger charge is -2.36. The van der Waals surface area contributed by atoms with Crippen molar-refractivity contribution in [1.82, 2.24) is 4.90 Å². The molecule has 2 rings (SSSR count). The molecule has 2 N–H and O–H groups in total. The SMILES string of the molecule is CC1CCC(C)N(CCCc2ccccc2N)C1. The molecule has 0 aliphatic carbocycles. The first-order chi connectivity index (χ1) is 8.66. The molecule has 18 heavy (non-hydrogen) atoms. The molecule has 0 radical (unpaired) electrons. The van der Waals surface area contributed by atoms with Gasteiger partial charge >= 0.3 is 0 Å². The summed E-state index contributed by atoms with van der Waals surface area (Å²) in [5.41, 5.74) is 8.22. The van der Waals surface area contributed by atoms with Gasteiger partial charge in [0.05, 0.1) is 0 Å². The molecule has 0 aromatic heterocycles.